The van der Waals surface area contributed by atoms with Gasteiger partial charge < -0.3 is 9.55 Å². The Kier molecular flexibility index (Phi) is 2.68. The first-order chi connectivity index (χ1) is 8.74. The molecule has 1 aromatic carbocycles. The van der Waals surface area contributed by atoms with Gasteiger partial charge >= 0.3 is 0 Å². The highest BCUT2D eigenvalue weighted by atomic mass is 32.1. The molecular weight excluding hydrogens is 244 g/mol. The van der Waals surface area contributed by atoms with Crippen molar-refractivity contribution in [3.05, 3.63) is 52.8 Å². The van der Waals surface area contributed by atoms with Crippen LogP contribution in [0.4, 0.5) is 0 Å². The predicted octanol–water partition coefficient (Wildman–Crippen LogP) is 2.85. The van der Waals surface area contributed by atoms with Crippen molar-refractivity contribution in [3.63, 3.8) is 0 Å². The summed E-state index contributed by atoms with van der Waals surface area (Å²) in [6, 6.07) is 9.98. The molecule has 0 spiro atoms. The summed E-state index contributed by atoms with van der Waals surface area (Å²) in [5.41, 5.74) is 3.11. The average Bonchev–Trinajstić information content (AvgIpc) is 2.66. The van der Waals surface area contributed by atoms with Crippen LogP contribution < -0.4 is 0 Å². The Hall–Kier alpha value is -2.01. The maximum absolute atomic E-state index is 5.35. The topological polar surface area (TPSA) is 46.5 Å². The van der Waals surface area contributed by atoms with Crippen LogP contribution in [0.2, 0.25) is 0 Å². The summed E-state index contributed by atoms with van der Waals surface area (Å²) in [5, 5.41) is 0. The summed E-state index contributed by atoms with van der Waals surface area (Å²) in [6.45, 7) is 2.55. The zero-order valence-corrected chi connectivity index (χ0v) is 10.7. The van der Waals surface area contributed by atoms with Gasteiger partial charge in [0.15, 0.2) is 4.77 Å². The van der Waals surface area contributed by atoms with E-state index in [0.717, 1.165) is 22.6 Å². The van der Waals surface area contributed by atoms with E-state index >= 15 is 0 Å². The van der Waals surface area contributed by atoms with Gasteiger partial charge in [-0.25, -0.2) is 9.97 Å². The lowest BCUT2D eigenvalue weighted by Crippen LogP contribution is -2.03. The third-order valence-corrected chi connectivity index (χ3v) is 3.16. The number of benzene rings is 1. The Morgan fingerprint density at radius 3 is 2.94 bits per heavy atom. The summed E-state index contributed by atoms with van der Waals surface area (Å²) < 4.78 is 2.76. The molecule has 0 atom stereocenters. The minimum Gasteiger partial charge on any atom is -0.331 e. The van der Waals surface area contributed by atoms with Gasteiger partial charge in [-0.2, -0.15) is 0 Å². The Labute approximate surface area is 109 Å². The third kappa shape index (κ3) is 1.93. The highest BCUT2D eigenvalue weighted by Crippen LogP contribution is 2.14. The van der Waals surface area contributed by atoms with Gasteiger partial charge in [0.1, 0.15) is 5.82 Å². The molecule has 0 fully saturated rings. The second kappa shape index (κ2) is 4.34. The second-order valence-electron chi connectivity index (χ2n) is 4.13. The van der Waals surface area contributed by atoms with Crippen molar-refractivity contribution in [2.24, 2.45) is 0 Å². The predicted molar refractivity (Wildman–Crippen MR) is 73.0 cm³/mol. The quantitative estimate of drug-likeness (QED) is 0.717. The van der Waals surface area contributed by atoms with E-state index in [1.165, 1.54) is 0 Å². The van der Waals surface area contributed by atoms with Crippen molar-refractivity contribution in [1.82, 2.24) is 19.5 Å². The number of nitrogens with one attached hydrogen (secondary N) is 1. The highest BCUT2D eigenvalue weighted by Gasteiger charge is 2.05. The molecule has 0 aliphatic carbocycles. The van der Waals surface area contributed by atoms with Gasteiger partial charge in [-0.15, -0.1) is 0 Å². The van der Waals surface area contributed by atoms with Crippen molar-refractivity contribution >= 4 is 23.3 Å². The summed E-state index contributed by atoms with van der Waals surface area (Å²) in [6.07, 6.45) is 1.77. The molecule has 4 nitrogen and oxygen atoms in total. The van der Waals surface area contributed by atoms with Crippen LogP contribution in [0.3, 0.4) is 0 Å². The summed E-state index contributed by atoms with van der Waals surface area (Å²) in [4.78, 5) is 11.7. The summed E-state index contributed by atoms with van der Waals surface area (Å²) in [5.74, 6) is 0.777. The van der Waals surface area contributed by atoms with E-state index in [2.05, 4.69) is 21.0 Å². The van der Waals surface area contributed by atoms with E-state index in [9.17, 15) is 0 Å². The van der Waals surface area contributed by atoms with Crippen LogP contribution in [0.15, 0.2) is 36.5 Å². The first kappa shape index (κ1) is 11.1. The maximum atomic E-state index is 5.35. The van der Waals surface area contributed by atoms with Gasteiger partial charge in [-0.05, 0) is 37.3 Å². The molecule has 1 N–H and O–H groups in total. The normalized spacial score (nSPS) is 10.9. The first-order valence-electron chi connectivity index (χ1n) is 5.70. The van der Waals surface area contributed by atoms with Crippen molar-refractivity contribution in [1.29, 1.82) is 0 Å². The SMILES string of the molecule is Cc1nccc(Cn2c(=S)[nH]c3ccccc32)n1. The first-order valence-corrected chi connectivity index (χ1v) is 6.11. The van der Waals surface area contributed by atoms with Gasteiger partial charge in [0.05, 0.1) is 23.3 Å². The number of nitrogens with zero attached hydrogens (tertiary/aromatic N) is 3. The van der Waals surface area contributed by atoms with Gasteiger partial charge in [0.25, 0.3) is 0 Å². The zero-order chi connectivity index (χ0) is 12.5. The lowest BCUT2D eigenvalue weighted by molar-refractivity contribution is 0.773. The maximum Gasteiger partial charge on any atom is 0.178 e. The van der Waals surface area contributed by atoms with E-state index in [4.69, 9.17) is 12.2 Å². The van der Waals surface area contributed by atoms with E-state index in [-0.39, 0.29) is 0 Å². The molecule has 3 rings (SSSR count). The second-order valence-corrected chi connectivity index (χ2v) is 4.52. The standard InChI is InChI=1S/C13H12N4S/c1-9-14-7-6-10(15-9)8-17-12-5-3-2-4-11(12)16-13(17)18/h2-7H,8H2,1H3,(H,16,18). The van der Waals surface area contributed by atoms with Gasteiger partial charge in [-0.1, -0.05) is 12.1 Å². The number of para-hydroxylation sites is 2. The molecule has 0 bridgehead atoms. The number of H-pyrrole nitrogens is 1. The Balaban J connectivity index is 2.10. The average molecular weight is 256 g/mol. The summed E-state index contributed by atoms with van der Waals surface area (Å²) >= 11 is 5.35. The van der Waals surface area contributed by atoms with Crippen LogP contribution in [0.1, 0.15) is 11.5 Å². The number of aromatic nitrogens is 4. The molecule has 0 radical (unpaired) electrons. The van der Waals surface area contributed by atoms with Gasteiger partial charge in [0, 0.05) is 6.20 Å². The lowest BCUT2D eigenvalue weighted by atomic mass is 10.3. The smallest absolute Gasteiger partial charge is 0.178 e. The number of hydrogen-bond acceptors (Lipinski definition) is 3. The third-order valence-electron chi connectivity index (χ3n) is 2.84. The molecule has 3 aromatic rings. The van der Waals surface area contributed by atoms with Crippen molar-refractivity contribution < 1.29 is 0 Å². The van der Waals surface area contributed by atoms with E-state index in [0.29, 0.717) is 11.3 Å². The molecule has 0 unspecified atom stereocenters. The lowest BCUT2D eigenvalue weighted by Gasteiger charge is -2.04. The number of imidazole rings is 1. The summed E-state index contributed by atoms with van der Waals surface area (Å²) in [7, 11) is 0. The van der Waals surface area contributed by atoms with Crippen LogP contribution in [0.5, 0.6) is 0 Å². The fourth-order valence-corrected chi connectivity index (χ4v) is 2.29. The van der Waals surface area contributed by atoms with Crippen LogP contribution in [0.25, 0.3) is 11.0 Å². The molecule has 0 saturated carbocycles. The molecular formula is C13H12N4S. The van der Waals surface area contributed by atoms with E-state index < -0.39 is 0 Å². The molecule has 90 valence electrons. The minimum atomic E-state index is 0.659. The molecule has 2 heterocycles. The molecule has 2 aromatic heterocycles. The van der Waals surface area contributed by atoms with Crippen LogP contribution >= 0.6 is 12.2 Å². The highest BCUT2D eigenvalue weighted by molar-refractivity contribution is 7.71. The number of fused-ring (bicyclic) bond motifs is 1. The molecule has 18 heavy (non-hydrogen) atoms. The van der Waals surface area contributed by atoms with Crippen LogP contribution in [0, 0.1) is 11.7 Å². The van der Waals surface area contributed by atoms with Gasteiger partial charge in [0.2, 0.25) is 0 Å². The monoisotopic (exact) mass is 256 g/mol. The fourth-order valence-electron chi connectivity index (χ4n) is 2.02. The number of rotatable bonds is 2. The van der Waals surface area contributed by atoms with E-state index in [1.807, 2.05) is 35.8 Å². The van der Waals surface area contributed by atoms with Crippen LogP contribution in [-0.4, -0.2) is 19.5 Å². The number of aromatic amines is 1. The minimum absolute atomic E-state index is 0.659. The Bertz CT molecular complexity index is 757. The Morgan fingerprint density at radius 1 is 1.28 bits per heavy atom. The number of hydrogen-bond donors (Lipinski definition) is 1. The van der Waals surface area contributed by atoms with Gasteiger partial charge in [-0.3, -0.25) is 0 Å². The van der Waals surface area contributed by atoms with Crippen molar-refractivity contribution in [3.8, 4) is 0 Å². The Morgan fingerprint density at radius 2 is 2.11 bits per heavy atom. The fraction of sp³-hybridized carbons (Fsp3) is 0.154. The molecule has 0 aliphatic rings. The van der Waals surface area contributed by atoms with Crippen molar-refractivity contribution in [2.75, 3.05) is 0 Å². The van der Waals surface area contributed by atoms with Crippen LogP contribution in [-0.2, 0) is 6.54 Å². The molecule has 0 amide bonds. The molecule has 0 aliphatic heterocycles. The zero-order valence-electron chi connectivity index (χ0n) is 9.92. The number of aryl methyl sites for hydroxylation is 1. The van der Waals surface area contributed by atoms with E-state index in [1.54, 1.807) is 6.20 Å². The molecule has 5 heteroatoms. The molecule has 0 saturated heterocycles. The van der Waals surface area contributed by atoms with Crippen molar-refractivity contribution in [2.45, 2.75) is 13.5 Å². The largest absolute Gasteiger partial charge is 0.331 e.